The average Bonchev–Trinajstić information content (AvgIpc) is 3.36. The largest absolute Gasteiger partial charge is 0.459 e. The molecule has 0 saturated carbocycles. The summed E-state index contributed by atoms with van der Waals surface area (Å²) < 4.78 is 11.5. The van der Waals surface area contributed by atoms with Gasteiger partial charge in [-0.25, -0.2) is 9.78 Å². The van der Waals surface area contributed by atoms with Crippen LogP contribution < -0.4 is 10.9 Å². The molecule has 0 saturated heterocycles. The first-order chi connectivity index (χ1) is 14.0. The van der Waals surface area contributed by atoms with Gasteiger partial charge in [-0.3, -0.25) is 9.59 Å². The maximum atomic E-state index is 12.4. The summed E-state index contributed by atoms with van der Waals surface area (Å²) in [6.45, 7) is 1.61. The van der Waals surface area contributed by atoms with Gasteiger partial charge in [0.1, 0.15) is 11.6 Å². The maximum absolute atomic E-state index is 12.4. The number of esters is 1. The number of benzene rings is 1. The molecular formula is C19H14N4O5S. The minimum absolute atomic E-state index is 0.157. The standard InChI is InChI=1S/C19H14N4O5S/c1-11-22-23-16(24)9-14(21-19(23)29-11)10-28-18(26)12-4-2-5-13(8-12)20-17(25)15-6-3-7-27-15/h2-9H,10H2,1H3,(H,20,25). The zero-order valence-electron chi connectivity index (χ0n) is 15.1. The summed E-state index contributed by atoms with van der Waals surface area (Å²) >= 11 is 1.27. The molecule has 0 atom stereocenters. The van der Waals surface area contributed by atoms with E-state index in [2.05, 4.69) is 15.4 Å². The molecule has 0 aliphatic carbocycles. The van der Waals surface area contributed by atoms with Crippen LogP contribution in [0.2, 0.25) is 0 Å². The van der Waals surface area contributed by atoms with E-state index < -0.39 is 11.9 Å². The number of furan rings is 1. The molecule has 0 unspecified atom stereocenters. The molecule has 4 rings (SSSR count). The number of rotatable bonds is 5. The van der Waals surface area contributed by atoms with Gasteiger partial charge in [-0.1, -0.05) is 17.4 Å². The zero-order chi connectivity index (χ0) is 20.4. The monoisotopic (exact) mass is 410 g/mol. The Kier molecular flexibility index (Phi) is 4.92. The molecule has 0 fully saturated rings. The van der Waals surface area contributed by atoms with Gasteiger partial charge in [-0.15, -0.1) is 0 Å². The van der Waals surface area contributed by atoms with E-state index in [1.165, 1.54) is 40.3 Å². The second-order valence-corrected chi connectivity index (χ2v) is 7.15. The molecule has 29 heavy (non-hydrogen) atoms. The Labute approximate surface area is 167 Å². The van der Waals surface area contributed by atoms with Crippen LogP contribution in [0.1, 0.15) is 31.6 Å². The fraction of sp³-hybridized carbons (Fsp3) is 0.105. The molecule has 0 spiro atoms. The maximum Gasteiger partial charge on any atom is 0.338 e. The van der Waals surface area contributed by atoms with Crippen molar-refractivity contribution >= 4 is 33.9 Å². The molecule has 1 aromatic carbocycles. The number of nitrogens with zero attached hydrogens (tertiary/aromatic N) is 3. The number of hydrogen-bond donors (Lipinski definition) is 1. The van der Waals surface area contributed by atoms with Crippen LogP contribution in [0.15, 0.2) is 57.9 Å². The fourth-order valence-electron chi connectivity index (χ4n) is 2.57. The highest BCUT2D eigenvalue weighted by Gasteiger charge is 2.13. The van der Waals surface area contributed by atoms with Gasteiger partial charge in [0.25, 0.3) is 11.5 Å². The van der Waals surface area contributed by atoms with Crippen molar-refractivity contribution in [3.63, 3.8) is 0 Å². The topological polar surface area (TPSA) is 116 Å². The number of carbonyl (C=O) groups is 2. The Balaban J connectivity index is 1.45. The van der Waals surface area contributed by atoms with E-state index in [1.807, 2.05) is 0 Å². The van der Waals surface area contributed by atoms with Crippen molar-refractivity contribution in [3.8, 4) is 0 Å². The lowest BCUT2D eigenvalue weighted by molar-refractivity contribution is 0.0467. The Bertz CT molecular complexity index is 1260. The molecule has 10 heteroatoms. The van der Waals surface area contributed by atoms with Gasteiger partial charge in [-0.05, 0) is 37.3 Å². The third-order valence-electron chi connectivity index (χ3n) is 3.85. The van der Waals surface area contributed by atoms with Gasteiger partial charge in [0.2, 0.25) is 4.96 Å². The number of aryl methyl sites for hydroxylation is 1. The second kappa shape index (κ2) is 7.68. The van der Waals surface area contributed by atoms with Crippen molar-refractivity contribution in [2.75, 3.05) is 5.32 Å². The highest BCUT2D eigenvalue weighted by Crippen LogP contribution is 2.15. The van der Waals surface area contributed by atoms with Crippen LogP contribution in [-0.2, 0) is 11.3 Å². The third-order valence-corrected chi connectivity index (χ3v) is 4.68. The predicted molar refractivity (Wildman–Crippen MR) is 104 cm³/mol. The summed E-state index contributed by atoms with van der Waals surface area (Å²) in [5.74, 6) is -0.885. The van der Waals surface area contributed by atoms with Crippen LogP contribution in [0, 0.1) is 6.92 Å². The molecule has 0 radical (unpaired) electrons. The number of amides is 1. The smallest absolute Gasteiger partial charge is 0.338 e. The Morgan fingerprint density at radius 2 is 2.10 bits per heavy atom. The van der Waals surface area contributed by atoms with Crippen molar-refractivity contribution < 1.29 is 18.7 Å². The van der Waals surface area contributed by atoms with E-state index in [1.54, 1.807) is 31.2 Å². The van der Waals surface area contributed by atoms with Crippen LogP contribution in [-0.4, -0.2) is 26.5 Å². The van der Waals surface area contributed by atoms with Crippen molar-refractivity contribution in [2.45, 2.75) is 13.5 Å². The Hall–Kier alpha value is -3.79. The van der Waals surface area contributed by atoms with Crippen LogP contribution in [0.5, 0.6) is 0 Å². The lowest BCUT2D eigenvalue weighted by Crippen LogP contribution is -2.16. The van der Waals surface area contributed by atoms with E-state index >= 15 is 0 Å². The number of aromatic nitrogens is 3. The summed E-state index contributed by atoms with van der Waals surface area (Å²) in [5.41, 5.74) is 0.648. The molecule has 1 amide bonds. The second-order valence-electron chi connectivity index (χ2n) is 5.99. The first-order valence-electron chi connectivity index (χ1n) is 8.48. The minimum Gasteiger partial charge on any atom is -0.459 e. The normalized spacial score (nSPS) is 10.8. The Morgan fingerprint density at radius 3 is 2.90 bits per heavy atom. The van der Waals surface area contributed by atoms with Gasteiger partial charge < -0.3 is 14.5 Å². The number of fused-ring (bicyclic) bond motifs is 1. The summed E-state index contributed by atoms with van der Waals surface area (Å²) in [5, 5.41) is 7.41. The molecule has 3 heterocycles. The summed E-state index contributed by atoms with van der Waals surface area (Å²) in [6, 6.07) is 10.7. The molecule has 146 valence electrons. The van der Waals surface area contributed by atoms with Crippen LogP contribution in [0.4, 0.5) is 5.69 Å². The van der Waals surface area contributed by atoms with E-state index in [9.17, 15) is 14.4 Å². The molecule has 3 aromatic heterocycles. The molecule has 1 N–H and O–H groups in total. The zero-order valence-corrected chi connectivity index (χ0v) is 15.9. The quantitative estimate of drug-likeness (QED) is 0.503. The van der Waals surface area contributed by atoms with Crippen molar-refractivity contribution in [1.82, 2.24) is 14.6 Å². The van der Waals surface area contributed by atoms with Gasteiger partial charge in [-0.2, -0.15) is 9.61 Å². The number of carbonyl (C=O) groups excluding carboxylic acids is 2. The predicted octanol–water partition coefficient (Wildman–Crippen LogP) is 2.66. The first-order valence-corrected chi connectivity index (χ1v) is 9.30. The average molecular weight is 410 g/mol. The molecule has 4 aromatic rings. The molecule has 0 aliphatic heterocycles. The SMILES string of the molecule is Cc1nn2c(=O)cc(COC(=O)c3cccc(NC(=O)c4ccco4)c3)nc2s1. The van der Waals surface area contributed by atoms with Crippen LogP contribution in [0.25, 0.3) is 4.96 Å². The van der Waals surface area contributed by atoms with Gasteiger partial charge >= 0.3 is 5.97 Å². The lowest BCUT2D eigenvalue weighted by Gasteiger charge is -2.07. The molecular weight excluding hydrogens is 396 g/mol. The van der Waals surface area contributed by atoms with Crippen molar-refractivity contribution in [2.24, 2.45) is 0 Å². The molecule has 0 bridgehead atoms. The minimum atomic E-state index is -0.610. The first kappa shape index (κ1) is 18.6. The van der Waals surface area contributed by atoms with Crippen molar-refractivity contribution in [3.05, 3.63) is 81.1 Å². The van der Waals surface area contributed by atoms with Crippen molar-refractivity contribution in [1.29, 1.82) is 0 Å². The molecule has 9 nitrogen and oxygen atoms in total. The van der Waals surface area contributed by atoms with E-state index in [-0.39, 0.29) is 23.5 Å². The van der Waals surface area contributed by atoms with E-state index in [4.69, 9.17) is 9.15 Å². The number of anilines is 1. The third kappa shape index (κ3) is 4.06. The van der Waals surface area contributed by atoms with Crippen LogP contribution >= 0.6 is 11.3 Å². The summed E-state index contributed by atoms with van der Waals surface area (Å²) in [4.78, 5) is 41.2. The van der Waals surface area contributed by atoms with Gasteiger partial charge in [0, 0.05) is 11.8 Å². The highest BCUT2D eigenvalue weighted by molar-refractivity contribution is 7.16. The van der Waals surface area contributed by atoms with Gasteiger partial charge in [0.15, 0.2) is 5.76 Å². The number of nitrogens with one attached hydrogen (secondary N) is 1. The fourth-order valence-corrected chi connectivity index (χ4v) is 3.34. The molecule has 0 aliphatic rings. The number of hydrogen-bond acceptors (Lipinski definition) is 8. The highest BCUT2D eigenvalue weighted by atomic mass is 32.1. The van der Waals surface area contributed by atoms with Crippen LogP contribution in [0.3, 0.4) is 0 Å². The number of ether oxygens (including phenoxy) is 1. The van der Waals surface area contributed by atoms with E-state index in [0.29, 0.717) is 21.3 Å². The summed E-state index contributed by atoms with van der Waals surface area (Å²) in [7, 11) is 0. The van der Waals surface area contributed by atoms with E-state index in [0.717, 1.165) is 0 Å². The Morgan fingerprint density at radius 1 is 1.24 bits per heavy atom. The van der Waals surface area contributed by atoms with Gasteiger partial charge in [0.05, 0.1) is 17.5 Å². The lowest BCUT2D eigenvalue weighted by atomic mass is 10.2. The summed E-state index contributed by atoms with van der Waals surface area (Å²) in [6.07, 6.45) is 1.40.